The molecule has 0 fully saturated rings. The van der Waals surface area contributed by atoms with Crippen molar-refractivity contribution < 1.29 is 9.53 Å². The maximum atomic E-state index is 12.3. The summed E-state index contributed by atoms with van der Waals surface area (Å²) in [6.07, 6.45) is 2.25. The highest BCUT2D eigenvalue weighted by Gasteiger charge is 2.44. The third-order valence-corrected chi connectivity index (χ3v) is 3.52. The van der Waals surface area contributed by atoms with E-state index in [-0.39, 0.29) is 5.97 Å². The van der Waals surface area contributed by atoms with Crippen LogP contribution < -0.4 is 0 Å². The van der Waals surface area contributed by atoms with Crippen LogP contribution in [0.3, 0.4) is 0 Å². The maximum Gasteiger partial charge on any atom is 0.313 e. The zero-order valence-corrected chi connectivity index (χ0v) is 11.2. The molecular formula is C16H20O2. The van der Waals surface area contributed by atoms with E-state index in [1.54, 1.807) is 0 Å². The fourth-order valence-electron chi connectivity index (χ4n) is 2.90. The maximum absolute atomic E-state index is 12.3. The number of fused-ring (bicyclic) bond motifs is 1. The van der Waals surface area contributed by atoms with Gasteiger partial charge in [0.15, 0.2) is 0 Å². The number of hydrogen-bond donors (Lipinski definition) is 0. The number of esters is 1. The summed E-state index contributed by atoms with van der Waals surface area (Å²) in [6.45, 7) is 8.23. The molecule has 0 spiro atoms. The fraction of sp³-hybridized carbons (Fsp3) is 0.438. The summed E-state index contributed by atoms with van der Waals surface area (Å²) in [5, 5.41) is 0. The van der Waals surface area contributed by atoms with Gasteiger partial charge in [0.2, 0.25) is 0 Å². The van der Waals surface area contributed by atoms with Crippen LogP contribution in [0, 0.1) is 5.41 Å². The molecule has 1 aliphatic rings. The number of carbonyl (C=O) groups excluding carboxylic acids is 1. The van der Waals surface area contributed by atoms with Gasteiger partial charge in [-0.15, -0.1) is 6.58 Å². The third kappa shape index (κ3) is 2.33. The standard InChI is InChI=1S/C16H20O2/c1-4-18-15(17)16(9-12(2)3)10-13-7-5-6-8-14(13)11-16/h5-8H,2,4,9-11H2,1,3H3. The normalized spacial score (nSPS) is 16.1. The average Bonchev–Trinajstić information content (AvgIpc) is 2.67. The molecule has 2 heteroatoms. The van der Waals surface area contributed by atoms with E-state index in [0.717, 1.165) is 18.4 Å². The average molecular weight is 244 g/mol. The van der Waals surface area contributed by atoms with Gasteiger partial charge in [-0.3, -0.25) is 4.79 Å². The zero-order chi connectivity index (χ0) is 13.2. The van der Waals surface area contributed by atoms with Crippen LogP contribution in [0.15, 0.2) is 36.4 Å². The van der Waals surface area contributed by atoms with E-state index in [0.29, 0.717) is 13.0 Å². The fourth-order valence-corrected chi connectivity index (χ4v) is 2.90. The lowest BCUT2D eigenvalue weighted by Gasteiger charge is -2.26. The van der Waals surface area contributed by atoms with Gasteiger partial charge in [-0.2, -0.15) is 0 Å². The summed E-state index contributed by atoms with van der Waals surface area (Å²) in [5.74, 6) is -0.0794. The molecular weight excluding hydrogens is 224 g/mol. The minimum atomic E-state index is -0.425. The Balaban J connectivity index is 2.30. The van der Waals surface area contributed by atoms with Crippen molar-refractivity contribution in [2.24, 2.45) is 5.41 Å². The van der Waals surface area contributed by atoms with Crippen molar-refractivity contribution in [2.45, 2.75) is 33.1 Å². The summed E-state index contributed by atoms with van der Waals surface area (Å²) in [5.41, 5.74) is 3.15. The van der Waals surface area contributed by atoms with Gasteiger partial charge >= 0.3 is 5.97 Å². The van der Waals surface area contributed by atoms with E-state index < -0.39 is 5.41 Å². The van der Waals surface area contributed by atoms with Gasteiger partial charge in [-0.05, 0) is 44.2 Å². The quantitative estimate of drug-likeness (QED) is 0.600. The molecule has 2 rings (SSSR count). The first-order chi connectivity index (χ1) is 8.57. The monoisotopic (exact) mass is 244 g/mol. The lowest BCUT2D eigenvalue weighted by Crippen LogP contribution is -2.34. The number of allylic oxidation sites excluding steroid dienone is 1. The van der Waals surface area contributed by atoms with Crippen molar-refractivity contribution in [3.63, 3.8) is 0 Å². The van der Waals surface area contributed by atoms with Gasteiger partial charge in [0.25, 0.3) is 0 Å². The van der Waals surface area contributed by atoms with E-state index in [1.807, 2.05) is 26.0 Å². The van der Waals surface area contributed by atoms with Crippen LogP contribution in [0.5, 0.6) is 0 Å². The molecule has 0 unspecified atom stereocenters. The van der Waals surface area contributed by atoms with Crippen LogP contribution in [0.4, 0.5) is 0 Å². The minimum absolute atomic E-state index is 0.0794. The molecule has 0 atom stereocenters. The first kappa shape index (κ1) is 12.9. The van der Waals surface area contributed by atoms with Crippen LogP contribution in [0.25, 0.3) is 0 Å². The molecule has 0 amide bonds. The molecule has 18 heavy (non-hydrogen) atoms. The predicted octanol–water partition coefficient (Wildman–Crippen LogP) is 3.30. The smallest absolute Gasteiger partial charge is 0.313 e. The van der Waals surface area contributed by atoms with Gasteiger partial charge in [0.05, 0.1) is 12.0 Å². The molecule has 0 heterocycles. The molecule has 0 bridgehead atoms. The molecule has 0 aliphatic heterocycles. The van der Waals surface area contributed by atoms with Crippen molar-refractivity contribution in [2.75, 3.05) is 6.61 Å². The Morgan fingerprint density at radius 1 is 1.33 bits per heavy atom. The highest BCUT2D eigenvalue weighted by atomic mass is 16.5. The van der Waals surface area contributed by atoms with Crippen molar-refractivity contribution in [3.8, 4) is 0 Å². The summed E-state index contributed by atoms with van der Waals surface area (Å²) in [7, 11) is 0. The summed E-state index contributed by atoms with van der Waals surface area (Å²) >= 11 is 0. The Morgan fingerprint density at radius 2 is 1.89 bits per heavy atom. The number of benzene rings is 1. The van der Waals surface area contributed by atoms with Gasteiger partial charge < -0.3 is 4.74 Å². The van der Waals surface area contributed by atoms with Crippen molar-refractivity contribution in [3.05, 3.63) is 47.5 Å². The number of hydrogen-bond acceptors (Lipinski definition) is 2. The minimum Gasteiger partial charge on any atom is -0.466 e. The number of carbonyl (C=O) groups is 1. The van der Waals surface area contributed by atoms with Gasteiger partial charge in [-0.25, -0.2) is 0 Å². The van der Waals surface area contributed by atoms with Crippen molar-refractivity contribution in [1.29, 1.82) is 0 Å². The highest BCUT2D eigenvalue weighted by molar-refractivity contribution is 5.79. The molecule has 2 nitrogen and oxygen atoms in total. The van der Waals surface area contributed by atoms with Gasteiger partial charge in [-0.1, -0.05) is 29.8 Å². The van der Waals surface area contributed by atoms with E-state index in [4.69, 9.17) is 4.74 Å². The Hall–Kier alpha value is -1.57. The van der Waals surface area contributed by atoms with Crippen molar-refractivity contribution in [1.82, 2.24) is 0 Å². The van der Waals surface area contributed by atoms with Crippen LogP contribution in [0.2, 0.25) is 0 Å². The van der Waals surface area contributed by atoms with E-state index in [9.17, 15) is 4.79 Å². The predicted molar refractivity (Wildman–Crippen MR) is 72.3 cm³/mol. The van der Waals surface area contributed by atoms with Crippen molar-refractivity contribution >= 4 is 5.97 Å². The second-order valence-electron chi connectivity index (χ2n) is 5.26. The second kappa shape index (κ2) is 4.97. The molecule has 0 saturated heterocycles. The first-order valence-electron chi connectivity index (χ1n) is 6.46. The molecule has 96 valence electrons. The summed E-state index contributed by atoms with van der Waals surface area (Å²) < 4.78 is 5.28. The Labute approximate surface area is 109 Å². The molecule has 0 radical (unpaired) electrons. The van der Waals surface area contributed by atoms with E-state index in [1.165, 1.54) is 11.1 Å². The topological polar surface area (TPSA) is 26.3 Å². The van der Waals surface area contributed by atoms with Crippen LogP contribution in [0.1, 0.15) is 31.4 Å². The van der Waals surface area contributed by atoms with Crippen LogP contribution in [-0.4, -0.2) is 12.6 Å². The van der Waals surface area contributed by atoms with E-state index in [2.05, 4.69) is 18.7 Å². The lowest BCUT2D eigenvalue weighted by molar-refractivity contribution is -0.154. The van der Waals surface area contributed by atoms with Gasteiger partial charge in [0.1, 0.15) is 0 Å². The van der Waals surface area contributed by atoms with Crippen LogP contribution in [-0.2, 0) is 22.4 Å². The first-order valence-corrected chi connectivity index (χ1v) is 6.46. The van der Waals surface area contributed by atoms with Gasteiger partial charge in [0, 0.05) is 0 Å². The lowest BCUT2D eigenvalue weighted by atomic mass is 9.79. The molecule has 0 N–H and O–H groups in total. The number of ether oxygens (including phenoxy) is 1. The summed E-state index contributed by atoms with van der Waals surface area (Å²) in [4.78, 5) is 12.3. The van der Waals surface area contributed by atoms with Crippen LogP contribution >= 0.6 is 0 Å². The SMILES string of the molecule is C=C(C)CC1(C(=O)OCC)Cc2ccccc2C1. The Kier molecular flexibility index (Phi) is 3.55. The highest BCUT2D eigenvalue weighted by Crippen LogP contribution is 2.42. The molecule has 1 aliphatic carbocycles. The molecule has 0 aromatic heterocycles. The largest absolute Gasteiger partial charge is 0.466 e. The molecule has 1 aromatic rings. The Morgan fingerprint density at radius 3 is 2.33 bits per heavy atom. The zero-order valence-electron chi connectivity index (χ0n) is 11.2. The summed E-state index contributed by atoms with van der Waals surface area (Å²) in [6, 6.07) is 8.27. The van der Waals surface area contributed by atoms with E-state index >= 15 is 0 Å². The number of rotatable bonds is 4. The third-order valence-electron chi connectivity index (χ3n) is 3.52. The molecule has 1 aromatic carbocycles. The Bertz CT molecular complexity index is 449. The molecule has 0 saturated carbocycles. The second-order valence-corrected chi connectivity index (χ2v) is 5.26.